The average molecular weight is 305 g/mol. The van der Waals surface area contributed by atoms with Crippen molar-refractivity contribution >= 4 is 27.3 Å². The molecule has 2 rings (SSSR count). The lowest BCUT2D eigenvalue weighted by Gasteiger charge is -2.11. The van der Waals surface area contributed by atoms with Crippen LogP contribution in [0.25, 0.3) is 0 Å². The normalized spacial score (nSPS) is 11.1. The number of amides is 1. The number of sulfonamides is 1. The van der Waals surface area contributed by atoms with Gasteiger partial charge in [0.1, 0.15) is 4.90 Å². The highest BCUT2D eigenvalue weighted by Crippen LogP contribution is 2.21. The van der Waals surface area contributed by atoms with Crippen molar-refractivity contribution in [1.29, 1.82) is 0 Å². The Hall–Kier alpha value is -2.38. The van der Waals surface area contributed by atoms with E-state index in [-0.39, 0.29) is 10.6 Å². The van der Waals surface area contributed by atoms with Gasteiger partial charge in [0.15, 0.2) is 0 Å². The van der Waals surface area contributed by atoms with Gasteiger partial charge in [-0.15, -0.1) is 0 Å². The van der Waals surface area contributed by atoms with Crippen molar-refractivity contribution in [3.63, 3.8) is 0 Å². The van der Waals surface area contributed by atoms with Gasteiger partial charge in [-0.1, -0.05) is 12.1 Å². The highest BCUT2D eigenvalue weighted by Gasteiger charge is 2.16. The number of primary sulfonamides is 1. The molecule has 0 spiro atoms. The zero-order chi connectivity index (χ0) is 15.6. The predicted octanol–water partition coefficient (Wildman–Crippen LogP) is 1.48. The molecule has 0 radical (unpaired) electrons. The van der Waals surface area contributed by atoms with E-state index in [2.05, 4.69) is 5.32 Å². The maximum atomic E-state index is 12.2. The second-order valence-electron chi connectivity index (χ2n) is 4.57. The molecule has 7 heteroatoms. The highest BCUT2D eigenvalue weighted by atomic mass is 32.2. The molecule has 110 valence electrons. The summed E-state index contributed by atoms with van der Waals surface area (Å²) in [6.45, 7) is 1.75. The Morgan fingerprint density at radius 2 is 1.81 bits per heavy atom. The molecular weight excluding hydrogens is 290 g/mol. The first-order valence-electron chi connectivity index (χ1n) is 6.08. The number of aryl methyl sites for hydroxylation is 1. The van der Waals surface area contributed by atoms with Gasteiger partial charge in [-0.3, -0.25) is 4.79 Å². The quantitative estimate of drug-likeness (QED) is 0.745. The molecule has 21 heavy (non-hydrogen) atoms. The van der Waals surface area contributed by atoms with E-state index < -0.39 is 15.9 Å². The lowest BCUT2D eigenvalue weighted by molar-refractivity contribution is 0.102. The van der Waals surface area contributed by atoms with Crippen molar-refractivity contribution in [2.45, 2.75) is 11.8 Å². The van der Waals surface area contributed by atoms with Gasteiger partial charge in [0.05, 0.1) is 5.69 Å². The topological polar surface area (TPSA) is 115 Å². The summed E-state index contributed by atoms with van der Waals surface area (Å²) in [5.74, 6) is -0.427. The number of carbonyl (C=O) groups is 1. The van der Waals surface area contributed by atoms with Crippen molar-refractivity contribution < 1.29 is 13.2 Å². The molecule has 2 aromatic rings. The molecule has 0 unspecified atom stereocenters. The lowest BCUT2D eigenvalue weighted by atomic mass is 10.1. The summed E-state index contributed by atoms with van der Waals surface area (Å²) in [5.41, 5.74) is 7.43. The van der Waals surface area contributed by atoms with Crippen LogP contribution in [0.2, 0.25) is 0 Å². The fourth-order valence-corrected chi connectivity index (χ4v) is 2.64. The standard InChI is InChI=1S/C14H15N3O3S/c1-9-8-10(15)6-7-11(9)14(18)17-12-4-2-3-5-13(12)21(16,19)20/h2-8H,15H2,1H3,(H,17,18)(H2,16,19,20). The summed E-state index contributed by atoms with van der Waals surface area (Å²) < 4.78 is 23.0. The van der Waals surface area contributed by atoms with Crippen molar-refractivity contribution in [3.05, 3.63) is 53.6 Å². The molecule has 0 aromatic heterocycles. The number of benzene rings is 2. The number of carbonyl (C=O) groups excluding carboxylic acids is 1. The summed E-state index contributed by atoms with van der Waals surface area (Å²) in [6.07, 6.45) is 0. The zero-order valence-electron chi connectivity index (χ0n) is 11.3. The van der Waals surface area contributed by atoms with Crippen LogP contribution < -0.4 is 16.2 Å². The number of rotatable bonds is 3. The summed E-state index contributed by atoms with van der Waals surface area (Å²) in [6, 6.07) is 10.8. The van der Waals surface area contributed by atoms with E-state index in [1.54, 1.807) is 31.2 Å². The molecule has 0 aliphatic carbocycles. The predicted molar refractivity (Wildman–Crippen MR) is 81.4 cm³/mol. The minimum atomic E-state index is -3.91. The molecule has 5 N–H and O–H groups in total. The molecule has 0 atom stereocenters. The smallest absolute Gasteiger partial charge is 0.255 e. The van der Waals surface area contributed by atoms with Gasteiger partial charge >= 0.3 is 0 Å². The van der Waals surface area contributed by atoms with E-state index in [4.69, 9.17) is 10.9 Å². The van der Waals surface area contributed by atoms with Crippen molar-refractivity contribution in [1.82, 2.24) is 0 Å². The van der Waals surface area contributed by atoms with Crippen LogP contribution in [0.3, 0.4) is 0 Å². The fraction of sp³-hybridized carbons (Fsp3) is 0.0714. The van der Waals surface area contributed by atoms with Gasteiger partial charge in [0.2, 0.25) is 10.0 Å². The van der Waals surface area contributed by atoms with Crippen LogP contribution in [-0.2, 0) is 10.0 Å². The lowest BCUT2D eigenvalue weighted by Crippen LogP contribution is -2.19. The maximum absolute atomic E-state index is 12.2. The van der Waals surface area contributed by atoms with Gasteiger partial charge in [0.25, 0.3) is 5.91 Å². The SMILES string of the molecule is Cc1cc(N)ccc1C(=O)Nc1ccccc1S(N)(=O)=O. The first-order valence-corrected chi connectivity index (χ1v) is 7.63. The Labute approximate surface area is 122 Å². The Morgan fingerprint density at radius 3 is 2.43 bits per heavy atom. The highest BCUT2D eigenvalue weighted by molar-refractivity contribution is 7.89. The van der Waals surface area contributed by atoms with Gasteiger partial charge < -0.3 is 11.1 Å². The van der Waals surface area contributed by atoms with E-state index in [1.165, 1.54) is 18.2 Å². The minimum Gasteiger partial charge on any atom is -0.399 e. The van der Waals surface area contributed by atoms with E-state index in [0.29, 0.717) is 16.8 Å². The minimum absolute atomic E-state index is 0.133. The van der Waals surface area contributed by atoms with Gasteiger partial charge in [0, 0.05) is 11.3 Å². The Balaban J connectivity index is 2.37. The number of hydrogen-bond donors (Lipinski definition) is 3. The number of anilines is 2. The average Bonchev–Trinajstić information content (AvgIpc) is 2.37. The van der Waals surface area contributed by atoms with Gasteiger partial charge in [-0.05, 0) is 42.8 Å². The van der Waals surface area contributed by atoms with Crippen LogP contribution in [0, 0.1) is 6.92 Å². The van der Waals surface area contributed by atoms with Crippen LogP contribution in [0.5, 0.6) is 0 Å². The number of nitrogens with one attached hydrogen (secondary N) is 1. The zero-order valence-corrected chi connectivity index (χ0v) is 12.1. The number of nitrogens with two attached hydrogens (primary N) is 2. The molecule has 6 nitrogen and oxygen atoms in total. The van der Waals surface area contributed by atoms with E-state index in [0.717, 1.165) is 0 Å². The summed E-state index contributed by atoms with van der Waals surface area (Å²) in [4.78, 5) is 12.1. The maximum Gasteiger partial charge on any atom is 0.255 e. The van der Waals surface area contributed by atoms with E-state index >= 15 is 0 Å². The van der Waals surface area contributed by atoms with Crippen LogP contribution in [-0.4, -0.2) is 14.3 Å². The van der Waals surface area contributed by atoms with Crippen LogP contribution in [0.1, 0.15) is 15.9 Å². The molecule has 0 saturated heterocycles. The molecule has 0 heterocycles. The van der Waals surface area contributed by atoms with E-state index in [9.17, 15) is 13.2 Å². The first kappa shape index (κ1) is 15.0. The third kappa shape index (κ3) is 3.39. The second kappa shape index (κ2) is 5.55. The number of hydrogen-bond acceptors (Lipinski definition) is 4. The van der Waals surface area contributed by atoms with Crippen LogP contribution >= 0.6 is 0 Å². The molecule has 1 amide bonds. The monoisotopic (exact) mass is 305 g/mol. The Bertz CT molecular complexity index is 801. The third-order valence-electron chi connectivity index (χ3n) is 2.94. The van der Waals surface area contributed by atoms with Crippen molar-refractivity contribution in [2.75, 3.05) is 11.1 Å². The molecule has 2 aromatic carbocycles. The van der Waals surface area contributed by atoms with Crippen LogP contribution in [0.15, 0.2) is 47.4 Å². The largest absolute Gasteiger partial charge is 0.399 e. The molecular formula is C14H15N3O3S. The van der Waals surface area contributed by atoms with Crippen molar-refractivity contribution in [3.8, 4) is 0 Å². The fourth-order valence-electron chi connectivity index (χ4n) is 1.95. The molecule has 0 aliphatic heterocycles. The van der Waals surface area contributed by atoms with Gasteiger partial charge in [-0.2, -0.15) is 0 Å². The third-order valence-corrected chi connectivity index (χ3v) is 3.91. The van der Waals surface area contributed by atoms with E-state index in [1.807, 2.05) is 0 Å². The molecule has 0 bridgehead atoms. The summed E-state index contributed by atoms with van der Waals surface area (Å²) in [5, 5.41) is 7.68. The van der Waals surface area contributed by atoms with Gasteiger partial charge in [-0.25, -0.2) is 13.6 Å². The molecule has 0 saturated carbocycles. The Kier molecular flexibility index (Phi) is 3.97. The van der Waals surface area contributed by atoms with Crippen LogP contribution in [0.4, 0.5) is 11.4 Å². The number of para-hydroxylation sites is 1. The molecule has 0 aliphatic rings. The summed E-state index contributed by atoms with van der Waals surface area (Å²) >= 11 is 0. The summed E-state index contributed by atoms with van der Waals surface area (Å²) in [7, 11) is -3.91. The second-order valence-corrected chi connectivity index (χ2v) is 6.10. The first-order chi connectivity index (χ1) is 9.79. The Morgan fingerprint density at radius 1 is 1.14 bits per heavy atom. The number of nitrogen functional groups attached to an aromatic ring is 1. The van der Waals surface area contributed by atoms with Crippen molar-refractivity contribution in [2.24, 2.45) is 5.14 Å². The molecule has 0 fully saturated rings.